The minimum absolute atomic E-state index is 0.0378. The van der Waals surface area contributed by atoms with E-state index in [0.717, 1.165) is 47.7 Å². The van der Waals surface area contributed by atoms with E-state index in [9.17, 15) is 9.59 Å². The maximum Gasteiger partial charge on any atom is 0.237 e. The molecule has 3 aromatic rings. The van der Waals surface area contributed by atoms with E-state index in [-0.39, 0.29) is 11.8 Å². The molecule has 2 aliphatic heterocycles. The quantitative estimate of drug-likeness (QED) is 0.480. The zero-order valence-electron chi connectivity index (χ0n) is 22.5. The molecule has 0 radical (unpaired) electrons. The van der Waals surface area contributed by atoms with Crippen LogP contribution in [0.25, 0.3) is 10.9 Å². The molecule has 7 nitrogen and oxygen atoms in total. The first-order valence-corrected chi connectivity index (χ1v) is 14.7. The summed E-state index contributed by atoms with van der Waals surface area (Å²) in [4.78, 5) is 38.4. The highest BCUT2D eigenvalue weighted by Gasteiger charge is 2.51. The van der Waals surface area contributed by atoms with Crippen molar-refractivity contribution >= 4 is 28.5 Å². The fourth-order valence-electron chi connectivity index (χ4n) is 7.36. The van der Waals surface area contributed by atoms with Crippen molar-refractivity contribution in [3.63, 3.8) is 0 Å². The van der Waals surface area contributed by atoms with Crippen molar-refractivity contribution < 1.29 is 14.3 Å². The fraction of sp³-hybridized carbons (Fsp3) is 0.500. The summed E-state index contributed by atoms with van der Waals surface area (Å²) in [7, 11) is 0. The Labute approximate surface area is 229 Å². The predicted octanol–water partition coefficient (Wildman–Crippen LogP) is 5.10. The molecule has 1 aromatic carbocycles. The van der Waals surface area contributed by atoms with Gasteiger partial charge in [-0.1, -0.05) is 31.7 Å². The first kappa shape index (κ1) is 24.7. The number of amides is 2. The number of ether oxygens (including phenoxy) is 1. The SMILES string of the molecule is O=C(C1CCOCC1)N(Cc1cnc2cc3c(cc2c1)C[C@@]1(C3)C(=O)Nc2ncccc21)C1CCCCCC1. The van der Waals surface area contributed by atoms with E-state index in [4.69, 9.17) is 9.72 Å². The lowest BCUT2D eigenvalue weighted by molar-refractivity contribution is -0.142. The number of fused-ring (bicyclic) bond motifs is 4. The van der Waals surface area contributed by atoms with Gasteiger partial charge in [-0.2, -0.15) is 0 Å². The number of hydrogen-bond acceptors (Lipinski definition) is 5. The van der Waals surface area contributed by atoms with Gasteiger partial charge in [0.15, 0.2) is 0 Å². The second-order valence-electron chi connectivity index (χ2n) is 11.9. The summed E-state index contributed by atoms with van der Waals surface area (Å²) in [6, 6.07) is 10.8. The highest BCUT2D eigenvalue weighted by Crippen LogP contribution is 2.47. The minimum Gasteiger partial charge on any atom is -0.381 e. The highest BCUT2D eigenvalue weighted by atomic mass is 16.5. The lowest BCUT2D eigenvalue weighted by Gasteiger charge is -2.35. The van der Waals surface area contributed by atoms with Gasteiger partial charge >= 0.3 is 0 Å². The molecule has 1 atom stereocenters. The van der Waals surface area contributed by atoms with Gasteiger partial charge < -0.3 is 15.0 Å². The number of anilines is 1. The van der Waals surface area contributed by atoms with E-state index >= 15 is 0 Å². The molecule has 39 heavy (non-hydrogen) atoms. The number of aromatic nitrogens is 2. The van der Waals surface area contributed by atoms with Crippen molar-refractivity contribution in [3.8, 4) is 0 Å². The van der Waals surface area contributed by atoms with E-state index in [1.165, 1.54) is 36.8 Å². The van der Waals surface area contributed by atoms with Crippen LogP contribution in [0.5, 0.6) is 0 Å². The number of nitrogens with zero attached hydrogens (tertiary/aromatic N) is 3. The maximum atomic E-state index is 13.8. The summed E-state index contributed by atoms with van der Waals surface area (Å²) in [5.41, 5.74) is 4.81. The molecule has 7 rings (SSSR count). The van der Waals surface area contributed by atoms with Crippen molar-refractivity contribution in [1.82, 2.24) is 14.9 Å². The Hall–Kier alpha value is -3.32. The average Bonchev–Trinajstić information content (AvgIpc) is 3.32. The zero-order valence-corrected chi connectivity index (χ0v) is 22.5. The molecule has 4 heterocycles. The summed E-state index contributed by atoms with van der Waals surface area (Å²) >= 11 is 0. The van der Waals surface area contributed by atoms with Crippen LogP contribution in [-0.2, 0) is 39.1 Å². The van der Waals surface area contributed by atoms with Gasteiger partial charge in [-0.05, 0) is 79.5 Å². The van der Waals surface area contributed by atoms with E-state index < -0.39 is 5.41 Å². The third kappa shape index (κ3) is 4.41. The van der Waals surface area contributed by atoms with Gasteiger partial charge in [-0.3, -0.25) is 14.6 Å². The number of nitrogens with one attached hydrogen (secondary N) is 1. The monoisotopic (exact) mass is 524 g/mol. The predicted molar refractivity (Wildman–Crippen MR) is 149 cm³/mol. The van der Waals surface area contributed by atoms with Gasteiger partial charge in [0.2, 0.25) is 11.8 Å². The van der Waals surface area contributed by atoms with E-state index in [2.05, 4.69) is 33.4 Å². The lowest BCUT2D eigenvalue weighted by atomic mass is 9.79. The fourth-order valence-corrected chi connectivity index (χ4v) is 7.36. The van der Waals surface area contributed by atoms with Crippen molar-refractivity contribution in [2.75, 3.05) is 18.5 Å². The summed E-state index contributed by atoms with van der Waals surface area (Å²) in [6.45, 7) is 1.96. The van der Waals surface area contributed by atoms with Crippen LogP contribution < -0.4 is 5.32 Å². The second-order valence-corrected chi connectivity index (χ2v) is 11.9. The molecular formula is C32H36N4O3. The Kier molecular flexibility index (Phi) is 6.34. The van der Waals surface area contributed by atoms with Crippen molar-refractivity contribution in [2.45, 2.75) is 82.2 Å². The number of rotatable bonds is 4. The van der Waals surface area contributed by atoms with Gasteiger partial charge in [-0.25, -0.2) is 4.98 Å². The van der Waals surface area contributed by atoms with Crippen LogP contribution >= 0.6 is 0 Å². The van der Waals surface area contributed by atoms with Crippen LogP contribution in [0.3, 0.4) is 0 Å². The molecule has 2 aromatic heterocycles. The standard InChI is InChI=1S/C32H36N4O3/c37-30(22-9-12-39-13-10-22)36(26-6-3-1-2-4-7-26)20-21-14-23-15-24-17-32(18-25(24)16-28(23)34-19-21)27-8-5-11-33-29(27)35-31(32)38/h5,8,11,14-16,19,22,26H,1-4,6-7,9-10,12-13,17-18,20H2,(H,33,35,38)/t32-/m0/s1. The average molecular weight is 525 g/mol. The van der Waals surface area contributed by atoms with E-state index in [0.29, 0.717) is 50.4 Å². The minimum atomic E-state index is -0.585. The van der Waals surface area contributed by atoms with Crippen LogP contribution in [0.1, 0.15) is 73.6 Å². The van der Waals surface area contributed by atoms with Crippen molar-refractivity contribution in [2.24, 2.45) is 5.92 Å². The number of hydrogen-bond donors (Lipinski definition) is 1. The van der Waals surface area contributed by atoms with Gasteiger partial charge in [0.1, 0.15) is 5.82 Å². The number of carbonyl (C=O) groups is 2. The number of benzene rings is 1. The Morgan fingerprint density at radius 1 is 1.00 bits per heavy atom. The molecule has 7 heteroatoms. The second kappa shape index (κ2) is 10.0. The Bertz CT molecular complexity index is 1420. The van der Waals surface area contributed by atoms with Crippen LogP contribution in [-0.4, -0.2) is 45.9 Å². The van der Waals surface area contributed by atoms with Gasteiger partial charge in [0.25, 0.3) is 0 Å². The smallest absolute Gasteiger partial charge is 0.237 e. The Morgan fingerprint density at radius 2 is 1.77 bits per heavy atom. The largest absolute Gasteiger partial charge is 0.381 e. The molecule has 1 N–H and O–H groups in total. The van der Waals surface area contributed by atoms with Crippen molar-refractivity contribution in [1.29, 1.82) is 0 Å². The summed E-state index contributed by atoms with van der Waals surface area (Å²) in [5, 5.41) is 4.08. The highest BCUT2D eigenvalue weighted by molar-refractivity contribution is 6.06. The number of carbonyl (C=O) groups excluding carboxylic acids is 2. The summed E-state index contributed by atoms with van der Waals surface area (Å²) in [6.07, 6.45) is 13.7. The molecule has 1 saturated carbocycles. The molecule has 1 spiro atoms. The van der Waals surface area contributed by atoms with Crippen LogP contribution in [0.2, 0.25) is 0 Å². The zero-order chi connectivity index (χ0) is 26.4. The third-order valence-corrected chi connectivity index (χ3v) is 9.51. The topological polar surface area (TPSA) is 84.4 Å². The molecule has 2 amide bonds. The number of pyridine rings is 2. The molecule has 1 saturated heterocycles. The van der Waals surface area contributed by atoms with Crippen LogP contribution in [0.15, 0.2) is 42.7 Å². The molecule has 0 unspecified atom stereocenters. The normalized spacial score (nSPS) is 23.4. The molecule has 202 valence electrons. The lowest BCUT2D eigenvalue weighted by Crippen LogP contribution is -2.44. The summed E-state index contributed by atoms with van der Waals surface area (Å²) in [5.74, 6) is 1.08. The molecule has 4 aliphatic rings. The Balaban J connectivity index is 1.18. The van der Waals surface area contributed by atoms with Gasteiger partial charge in [0, 0.05) is 55.1 Å². The first-order valence-electron chi connectivity index (χ1n) is 14.7. The van der Waals surface area contributed by atoms with E-state index in [1.807, 2.05) is 18.3 Å². The molecule has 2 aliphatic carbocycles. The molecule has 0 bridgehead atoms. The molecule has 2 fully saturated rings. The van der Waals surface area contributed by atoms with E-state index in [1.54, 1.807) is 6.20 Å². The third-order valence-electron chi connectivity index (χ3n) is 9.51. The Morgan fingerprint density at radius 3 is 2.56 bits per heavy atom. The van der Waals surface area contributed by atoms with Crippen molar-refractivity contribution in [3.05, 3.63) is 65.0 Å². The van der Waals surface area contributed by atoms with Crippen LogP contribution in [0, 0.1) is 5.92 Å². The van der Waals surface area contributed by atoms with Gasteiger partial charge in [0.05, 0.1) is 10.9 Å². The first-order chi connectivity index (χ1) is 19.1. The molecular weight excluding hydrogens is 488 g/mol. The maximum absolute atomic E-state index is 13.8. The van der Waals surface area contributed by atoms with Crippen LogP contribution in [0.4, 0.5) is 5.82 Å². The summed E-state index contributed by atoms with van der Waals surface area (Å²) < 4.78 is 5.55. The van der Waals surface area contributed by atoms with Gasteiger partial charge in [-0.15, -0.1) is 0 Å².